The van der Waals surface area contributed by atoms with Crippen LogP contribution in [0.4, 0.5) is 0 Å². The van der Waals surface area contributed by atoms with Crippen molar-refractivity contribution in [2.45, 2.75) is 19.4 Å². The van der Waals surface area contributed by atoms with Crippen molar-refractivity contribution in [1.82, 2.24) is 15.3 Å². The SMILES string of the molecule is Cc1cc(Cl)ccc1O[C@H](c1ncccn1)C1CCNC1. The fraction of sp³-hybridized carbons (Fsp3) is 0.375. The molecular formula is C16H18ClN3O. The van der Waals surface area contributed by atoms with E-state index in [0.717, 1.165) is 41.7 Å². The molecule has 5 heteroatoms. The summed E-state index contributed by atoms with van der Waals surface area (Å²) in [6.07, 6.45) is 4.45. The molecule has 1 aliphatic heterocycles. The summed E-state index contributed by atoms with van der Waals surface area (Å²) in [4.78, 5) is 8.75. The Labute approximate surface area is 129 Å². The third-order valence-corrected chi connectivity index (χ3v) is 3.99. The van der Waals surface area contributed by atoms with Crippen molar-refractivity contribution in [2.24, 2.45) is 5.92 Å². The monoisotopic (exact) mass is 303 g/mol. The van der Waals surface area contributed by atoms with E-state index in [9.17, 15) is 0 Å². The molecule has 1 saturated heterocycles. The smallest absolute Gasteiger partial charge is 0.169 e. The Morgan fingerprint density at radius 1 is 1.33 bits per heavy atom. The molecule has 110 valence electrons. The van der Waals surface area contributed by atoms with Gasteiger partial charge < -0.3 is 10.1 Å². The molecule has 2 aromatic rings. The molecule has 0 saturated carbocycles. The fourth-order valence-electron chi connectivity index (χ4n) is 2.63. The largest absolute Gasteiger partial charge is 0.482 e. The van der Waals surface area contributed by atoms with Crippen LogP contribution in [0.5, 0.6) is 5.75 Å². The van der Waals surface area contributed by atoms with E-state index in [4.69, 9.17) is 16.3 Å². The highest BCUT2D eigenvalue weighted by Crippen LogP contribution is 2.32. The molecule has 0 spiro atoms. The number of ether oxygens (including phenoxy) is 1. The van der Waals surface area contributed by atoms with Crippen LogP contribution in [0.2, 0.25) is 5.02 Å². The third-order valence-electron chi connectivity index (χ3n) is 3.76. The molecule has 0 aliphatic carbocycles. The molecule has 1 fully saturated rings. The van der Waals surface area contributed by atoms with Crippen molar-refractivity contribution in [2.75, 3.05) is 13.1 Å². The van der Waals surface area contributed by atoms with Crippen molar-refractivity contribution < 1.29 is 4.74 Å². The minimum Gasteiger partial charge on any atom is -0.482 e. The van der Waals surface area contributed by atoms with E-state index in [2.05, 4.69) is 15.3 Å². The van der Waals surface area contributed by atoms with Gasteiger partial charge in [0.15, 0.2) is 11.9 Å². The summed E-state index contributed by atoms with van der Waals surface area (Å²) >= 11 is 6.01. The highest BCUT2D eigenvalue weighted by Gasteiger charge is 2.30. The van der Waals surface area contributed by atoms with Crippen LogP contribution in [0.1, 0.15) is 23.9 Å². The predicted octanol–water partition coefficient (Wildman–Crippen LogP) is 3.17. The van der Waals surface area contributed by atoms with Gasteiger partial charge in [-0.05, 0) is 49.7 Å². The second-order valence-electron chi connectivity index (χ2n) is 5.31. The van der Waals surface area contributed by atoms with Crippen LogP contribution in [-0.4, -0.2) is 23.1 Å². The Bertz CT molecular complexity index is 600. The first-order chi connectivity index (χ1) is 10.2. The molecule has 1 N–H and O–H groups in total. The highest BCUT2D eigenvalue weighted by molar-refractivity contribution is 6.30. The van der Waals surface area contributed by atoms with Crippen LogP contribution in [0.25, 0.3) is 0 Å². The summed E-state index contributed by atoms with van der Waals surface area (Å²) in [7, 11) is 0. The number of aryl methyl sites for hydroxylation is 1. The van der Waals surface area contributed by atoms with E-state index >= 15 is 0 Å². The normalized spacial score (nSPS) is 19.4. The first-order valence-electron chi connectivity index (χ1n) is 7.14. The highest BCUT2D eigenvalue weighted by atomic mass is 35.5. The Morgan fingerprint density at radius 3 is 2.81 bits per heavy atom. The van der Waals surface area contributed by atoms with Gasteiger partial charge in [-0.3, -0.25) is 0 Å². The maximum atomic E-state index is 6.25. The van der Waals surface area contributed by atoms with Crippen molar-refractivity contribution >= 4 is 11.6 Å². The number of aromatic nitrogens is 2. The standard InChI is InChI=1S/C16H18ClN3O/c1-11-9-13(17)3-4-14(11)21-15(12-5-8-18-10-12)16-19-6-2-7-20-16/h2-4,6-7,9,12,15,18H,5,8,10H2,1H3/t12?,15-/m0/s1. The zero-order chi connectivity index (χ0) is 14.7. The predicted molar refractivity (Wildman–Crippen MR) is 82.6 cm³/mol. The van der Waals surface area contributed by atoms with Crippen LogP contribution in [0, 0.1) is 12.8 Å². The van der Waals surface area contributed by atoms with Crippen LogP contribution < -0.4 is 10.1 Å². The van der Waals surface area contributed by atoms with Crippen LogP contribution >= 0.6 is 11.6 Å². The first kappa shape index (κ1) is 14.3. The number of halogens is 1. The van der Waals surface area contributed by atoms with E-state index in [1.165, 1.54) is 0 Å². The summed E-state index contributed by atoms with van der Waals surface area (Å²) in [5, 5.41) is 4.09. The zero-order valence-corrected chi connectivity index (χ0v) is 12.7. The van der Waals surface area contributed by atoms with Crippen LogP contribution in [0.3, 0.4) is 0 Å². The summed E-state index contributed by atoms with van der Waals surface area (Å²) in [6.45, 7) is 3.93. The maximum absolute atomic E-state index is 6.25. The van der Waals surface area contributed by atoms with E-state index in [1.807, 2.05) is 31.2 Å². The molecule has 0 bridgehead atoms. The first-order valence-corrected chi connectivity index (χ1v) is 7.52. The second-order valence-corrected chi connectivity index (χ2v) is 5.74. The van der Waals surface area contributed by atoms with E-state index in [1.54, 1.807) is 12.4 Å². The van der Waals surface area contributed by atoms with Crippen LogP contribution in [-0.2, 0) is 0 Å². The number of hydrogen-bond donors (Lipinski definition) is 1. The summed E-state index contributed by atoms with van der Waals surface area (Å²) < 4.78 is 6.25. The fourth-order valence-corrected chi connectivity index (χ4v) is 2.86. The Morgan fingerprint density at radius 2 is 2.14 bits per heavy atom. The topological polar surface area (TPSA) is 47.0 Å². The molecular weight excluding hydrogens is 286 g/mol. The number of nitrogens with one attached hydrogen (secondary N) is 1. The van der Waals surface area contributed by atoms with Gasteiger partial charge in [0.25, 0.3) is 0 Å². The lowest BCUT2D eigenvalue weighted by Crippen LogP contribution is -2.23. The third kappa shape index (κ3) is 3.34. The minimum atomic E-state index is -0.138. The van der Waals surface area contributed by atoms with E-state index < -0.39 is 0 Å². The molecule has 1 unspecified atom stereocenters. The summed E-state index contributed by atoms with van der Waals surface area (Å²) in [5.74, 6) is 1.95. The zero-order valence-electron chi connectivity index (χ0n) is 11.9. The molecule has 3 rings (SSSR count). The van der Waals surface area contributed by atoms with Crippen molar-refractivity contribution in [3.63, 3.8) is 0 Å². The van der Waals surface area contributed by atoms with Gasteiger partial charge in [0.05, 0.1) is 0 Å². The van der Waals surface area contributed by atoms with Crippen molar-refractivity contribution in [1.29, 1.82) is 0 Å². The molecule has 2 atom stereocenters. The summed E-state index contributed by atoms with van der Waals surface area (Å²) in [5.41, 5.74) is 1.02. The van der Waals surface area contributed by atoms with Crippen molar-refractivity contribution in [3.8, 4) is 5.75 Å². The average Bonchev–Trinajstić information content (AvgIpc) is 3.01. The molecule has 2 heterocycles. The lowest BCUT2D eigenvalue weighted by atomic mass is 10.0. The molecule has 21 heavy (non-hydrogen) atoms. The maximum Gasteiger partial charge on any atom is 0.169 e. The van der Waals surface area contributed by atoms with Gasteiger partial charge in [-0.2, -0.15) is 0 Å². The van der Waals surface area contributed by atoms with Gasteiger partial charge in [0, 0.05) is 29.9 Å². The Hall–Kier alpha value is -1.65. The van der Waals surface area contributed by atoms with E-state index in [0.29, 0.717) is 5.92 Å². The molecule has 0 radical (unpaired) electrons. The van der Waals surface area contributed by atoms with Gasteiger partial charge in [0.1, 0.15) is 5.75 Å². The molecule has 0 amide bonds. The van der Waals surface area contributed by atoms with E-state index in [-0.39, 0.29) is 6.10 Å². The van der Waals surface area contributed by atoms with Gasteiger partial charge >= 0.3 is 0 Å². The average molecular weight is 304 g/mol. The second kappa shape index (κ2) is 6.41. The Kier molecular flexibility index (Phi) is 4.36. The minimum absolute atomic E-state index is 0.138. The lowest BCUT2D eigenvalue weighted by molar-refractivity contribution is 0.134. The summed E-state index contributed by atoms with van der Waals surface area (Å²) in [6, 6.07) is 7.49. The number of rotatable bonds is 4. The number of nitrogens with zero attached hydrogens (tertiary/aromatic N) is 2. The van der Waals surface area contributed by atoms with Crippen molar-refractivity contribution in [3.05, 3.63) is 53.1 Å². The quantitative estimate of drug-likeness (QED) is 0.942. The number of hydrogen-bond acceptors (Lipinski definition) is 4. The van der Waals surface area contributed by atoms with Gasteiger partial charge in [-0.1, -0.05) is 11.6 Å². The molecule has 1 aliphatic rings. The lowest BCUT2D eigenvalue weighted by Gasteiger charge is -2.24. The molecule has 1 aromatic carbocycles. The van der Waals surface area contributed by atoms with Gasteiger partial charge in [-0.15, -0.1) is 0 Å². The number of benzene rings is 1. The molecule has 4 nitrogen and oxygen atoms in total. The van der Waals surface area contributed by atoms with Crippen LogP contribution in [0.15, 0.2) is 36.7 Å². The van der Waals surface area contributed by atoms with Gasteiger partial charge in [-0.25, -0.2) is 9.97 Å². The Balaban J connectivity index is 1.88. The van der Waals surface area contributed by atoms with Gasteiger partial charge in [0.2, 0.25) is 0 Å². The molecule has 1 aromatic heterocycles.